The van der Waals surface area contributed by atoms with Gasteiger partial charge in [-0.05, 0) is 37.5 Å². The van der Waals surface area contributed by atoms with Crippen molar-refractivity contribution in [2.75, 3.05) is 6.54 Å². The topological polar surface area (TPSA) is 76.3 Å². The molecular formula is C17H16F3N3O2S. The molecule has 0 aliphatic heterocycles. The van der Waals surface area contributed by atoms with E-state index in [-0.39, 0.29) is 18.3 Å². The average Bonchev–Trinajstić information content (AvgIpc) is 3.33. The van der Waals surface area contributed by atoms with Gasteiger partial charge in [0.1, 0.15) is 5.69 Å². The monoisotopic (exact) mass is 383 g/mol. The highest BCUT2D eigenvalue weighted by Gasteiger charge is 2.36. The summed E-state index contributed by atoms with van der Waals surface area (Å²) in [7, 11) is 0. The summed E-state index contributed by atoms with van der Waals surface area (Å²) in [5, 5.41) is 0.609. The fourth-order valence-electron chi connectivity index (χ4n) is 2.64. The SMILES string of the molecule is Cc1nc(C(=O)N(CC(N)=O)C2CC2)c(-c2ccc(C(F)(F)F)cc2)s1. The van der Waals surface area contributed by atoms with Gasteiger partial charge >= 0.3 is 6.18 Å². The van der Waals surface area contributed by atoms with Crippen molar-refractivity contribution in [3.05, 3.63) is 40.5 Å². The molecule has 9 heteroatoms. The second kappa shape index (κ2) is 6.71. The van der Waals surface area contributed by atoms with Crippen LogP contribution in [0.3, 0.4) is 0 Å². The Bertz CT molecular complexity index is 842. The van der Waals surface area contributed by atoms with Crippen molar-refractivity contribution in [2.24, 2.45) is 5.73 Å². The Balaban J connectivity index is 1.95. The number of amides is 2. The molecule has 26 heavy (non-hydrogen) atoms. The zero-order valence-electron chi connectivity index (χ0n) is 13.8. The Morgan fingerprint density at radius 2 is 1.88 bits per heavy atom. The number of hydrogen-bond acceptors (Lipinski definition) is 4. The van der Waals surface area contributed by atoms with Crippen LogP contribution >= 0.6 is 11.3 Å². The first kappa shape index (κ1) is 18.4. The van der Waals surface area contributed by atoms with Gasteiger partial charge in [-0.3, -0.25) is 9.59 Å². The molecule has 1 aliphatic rings. The molecule has 3 rings (SSSR count). The Morgan fingerprint density at radius 3 is 2.38 bits per heavy atom. The number of benzene rings is 1. The van der Waals surface area contributed by atoms with Crippen molar-refractivity contribution in [3.63, 3.8) is 0 Å². The Morgan fingerprint density at radius 1 is 1.27 bits per heavy atom. The van der Waals surface area contributed by atoms with E-state index in [1.807, 2.05) is 0 Å². The third-order valence-electron chi connectivity index (χ3n) is 3.99. The molecule has 0 spiro atoms. The summed E-state index contributed by atoms with van der Waals surface area (Å²) < 4.78 is 38.2. The number of halogens is 3. The lowest BCUT2D eigenvalue weighted by molar-refractivity contribution is -0.137. The molecule has 1 saturated carbocycles. The number of aryl methyl sites for hydroxylation is 1. The number of carbonyl (C=O) groups excluding carboxylic acids is 2. The van der Waals surface area contributed by atoms with Gasteiger partial charge in [0.2, 0.25) is 5.91 Å². The van der Waals surface area contributed by atoms with Crippen LogP contribution in [0.5, 0.6) is 0 Å². The largest absolute Gasteiger partial charge is 0.416 e. The minimum absolute atomic E-state index is 0.0440. The van der Waals surface area contributed by atoms with Crippen molar-refractivity contribution < 1.29 is 22.8 Å². The minimum Gasteiger partial charge on any atom is -0.368 e. The van der Waals surface area contributed by atoms with Crippen LogP contribution in [0.4, 0.5) is 13.2 Å². The third kappa shape index (κ3) is 3.87. The zero-order valence-corrected chi connectivity index (χ0v) is 14.7. The van der Waals surface area contributed by atoms with Gasteiger partial charge in [0, 0.05) is 6.04 Å². The fourth-order valence-corrected chi connectivity index (χ4v) is 3.55. The van der Waals surface area contributed by atoms with Gasteiger partial charge < -0.3 is 10.6 Å². The second-order valence-corrected chi connectivity index (χ2v) is 7.32. The van der Waals surface area contributed by atoms with E-state index in [2.05, 4.69) is 4.98 Å². The number of alkyl halides is 3. The maximum Gasteiger partial charge on any atom is 0.416 e. The van der Waals surface area contributed by atoms with Crippen LogP contribution in [0.15, 0.2) is 24.3 Å². The van der Waals surface area contributed by atoms with Crippen molar-refractivity contribution in [2.45, 2.75) is 32.0 Å². The van der Waals surface area contributed by atoms with Crippen molar-refractivity contribution in [1.82, 2.24) is 9.88 Å². The Kier molecular flexibility index (Phi) is 4.74. The van der Waals surface area contributed by atoms with Crippen LogP contribution in [0, 0.1) is 6.92 Å². The second-order valence-electron chi connectivity index (χ2n) is 6.12. The number of thiazole rings is 1. The zero-order chi connectivity index (χ0) is 19.1. The number of carbonyl (C=O) groups is 2. The van der Waals surface area contributed by atoms with E-state index >= 15 is 0 Å². The van der Waals surface area contributed by atoms with Crippen LogP contribution in [0.2, 0.25) is 0 Å². The maximum absolute atomic E-state index is 12.9. The summed E-state index contributed by atoms with van der Waals surface area (Å²) in [5.74, 6) is -1.04. The molecule has 2 aromatic rings. The van der Waals surface area contributed by atoms with Crippen molar-refractivity contribution >= 4 is 23.2 Å². The Labute approximate surface area is 151 Å². The van der Waals surface area contributed by atoms with Gasteiger partial charge in [0.25, 0.3) is 5.91 Å². The van der Waals surface area contributed by atoms with E-state index < -0.39 is 23.6 Å². The van der Waals surface area contributed by atoms with E-state index in [0.717, 1.165) is 25.0 Å². The summed E-state index contributed by atoms with van der Waals surface area (Å²) in [5.41, 5.74) is 5.08. The number of aromatic nitrogens is 1. The average molecular weight is 383 g/mol. The van der Waals surface area contributed by atoms with E-state index in [1.54, 1.807) is 6.92 Å². The molecule has 138 valence electrons. The fraction of sp³-hybridized carbons (Fsp3) is 0.353. The van der Waals surface area contributed by atoms with E-state index in [9.17, 15) is 22.8 Å². The summed E-state index contributed by atoms with van der Waals surface area (Å²) >= 11 is 1.22. The maximum atomic E-state index is 12.9. The van der Waals surface area contributed by atoms with E-state index in [0.29, 0.717) is 15.4 Å². The molecular weight excluding hydrogens is 367 g/mol. The van der Waals surface area contributed by atoms with E-state index in [1.165, 1.54) is 28.4 Å². The highest BCUT2D eigenvalue weighted by atomic mass is 32.1. The molecule has 0 radical (unpaired) electrons. The third-order valence-corrected chi connectivity index (χ3v) is 5.01. The molecule has 0 atom stereocenters. The standard InChI is InChI=1S/C17H16F3N3O2S/c1-9-22-14(16(25)23(8-13(21)24)12-6-7-12)15(26-9)10-2-4-11(5-3-10)17(18,19)20/h2-5,12H,6-8H2,1H3,(H2,21,24). The first-order valence-electron chi connectivity index (χ1n) is 7.91. The van der Waals surface area contributed by atoms with Crippen LogP contribution < -0.4 is 5.73 Å². The highest BCUT2D eigenvalue weighted by molar-refractivity contribution is 7.15. The molecule has 1 aliphatic carbocycles. The number of primary amides is 1. The molecule has 0 bridgehead atoms. The van der Waals surface area contributed by atoms with Gasteiger partial charge in [-0.1, -0.05) is 12.1 Å². The Hall–Kier alpha value is -2.42. The number of nitrogens with zero attached hydrogens (tertiary/aromatic N) is 2. The molecule has 5 nitrogen and oxygen atoms in total. The summed E-state index contributed by atoms with van der Waals surface area (Å²) in [6, 6.07) is 4.54. The molecule has 2 amide bonds. The van der Waals surface area contributed by atoms with Gasteiger partial charge in [-0.2, -0.15) is 13.2 Å². The summed E-state index contributed by atoms with van der Waals surface area (Å²) in [6.07, 6.45) is -2.85. The molecule has 1 aromatic carbocycles. The van der Waals surface area contributed by atoms with Crippen LogP contribution in [0.1, 0.15) is 33.9 Å². The van der Waals surface area contributed by atoms with Crippen LogP contribution in [-0.4, -0.2) is 34.3 Å². The quantitative estimate of drug-likeness (QED) is 0.861. The molecule has 1 aromatic heterocycles. The normalized spacial score (nSPS) is 14.3. The predicted octanol–water partition coefficient (Wildman–Crippen LogP) is 3.23. The van der Waals surface area contributed by atoms with Gasteiger partial charge in [-0.15, -0.1) is 11.3 Å². The predicted molar refractivity (Wildman–Crippen MR) is 90.5 cm³/mol. The highest BCUT2D eigenvalue weighted by Crippen LogP contribution is 2.36. The van der Waals surface area contributed by atoms with Gasteiger partial charge in [-0.25, -0.2) is 4.98 Å². The number of nitrogens with two attached hydrogens (primary N) is 1. The lowest BCUT2D eigenvalue weighted by Crippen LogP contribution is -2.40. The smallest absolute Gasteiger partial charge is 0.368 e. The first-order valence-corrected chi connectivity index (χ1v) is 8.73. The van der Waals surface area contributed by atoms with E-state index in [4.69, 9.17) is 5.73 Å². The molecule has 2 N–H and O–H groups in total. The molecule has 1 fully saturated rings. The van der Waals surface area contributed by atoms with Crippen LogP contribution in [-0.2, 0) is 11.0 Å². The first-order chi connectivity index (χ1) is 12.2. The lowest BCUT2D eigenvalue weighted by atomic mass is 10.1. The van der Waals surface area contributed by atoms with Gasteiger partial charge in [0.05, 0.1) is 22.0 Å². The lowest BCUT2D eigenvalue weighted by Gasteiger charge is -2.20. The molecule has 1 heterocycles. The number of rotatable bonds is 5. The van der Waals surface area contributed by atoms with Crippen molar-refractivity contribution in [1.29, 1.82) is 0 Å². The molecule has 0 saturated heterocycles. The minimum atomic E-state index is -4.43. The van der Waals surface area contributed by atoms with Gasteiger partial charge in [0.15, 0.2) is 0 Å². The molecule has 0 unspecified atom stereocenters. The summed E-state index contributed by atoms with van der Waals surface area (Å²) in [4.78, 5) is 30.3. The number of hydrogen-bond donors (Lipinski definition) is 1. The summed E-state index contributed by atoms with van der Waals surface area (Å²) in [6.45, 7) is 1.51. The van der Waals surface area contributed by atoms with Crippen molar-refractivity contribution in [3.8, 4) is 10.4 Å². The van der Waals surface area contributed by atoms with Crippen LogP contribution in [0.25, 0.3) is 10.4 Å².